The van der Waals surface area contributed by atoms with Gasteiger partial charge < -0.3 is 5.32 Å². The number of anilines is 1. The Morgan fingerprint density at radius 2 is 2.35 bits per heavy atom. The average Bonchev–Trinajstić information content (AvgIpc) is 2.88. The lowest BCUT2D eigenvalue weighted by Crippen LogP contribution is -2.04. The van der Waals surface area contributed by atoms with Crippen LogP contribution in [-0.2, 0) is 5.75 Å². The van der Waals surface area contributed by atoms with Crippen molar-refractivity contribution in [2.45, 2.75) is 23.4 Å². The first kappa shape index (κ1) is 12.3. The Morgan fingerprint density at radius 3 is 3.12 bits per heavy atom. The molecule has 0 amide bonds. The van der Waals surface area contributed by atoms with E-state index in [1.54, 1.807) is 18.1 Å². The smallest absolute Gasteiger partial charge is 0.170 e. The summed E-state index contributed by atoms with van der Waals surface area (Å²) in [6.45, 7) is 3.10. The Labute approximate surface area is 109 Å². The monoisotopic (exact) mass is 266 g/mol. The van der Waals surface area contributed by atoms with E-state index in [1.165, 1.54) is 17.1 Å². The first-order chi connectivity index (χ1) is 8.40. The minimum absolute atomic E-state index is 0.870. The number of thioether (sulfide) groups is 1. The lowest BCUT2D eigenvalue weighted by molar-refractivity contribution is 0.965. The van der Waals surface area contributed by atoms with E-state index in [2.05, 4.69) is 32.6 Å². The van der Waals surface area contributed by atoms with Crippen LogP contribution in [0.1, 0.15) is 18.9 Å². The normalized spacial score (nSPS) is 10.4. The van der Waals surface area contributed by atoms with Gasteiger partial charge in [-0.1, -0.05) is 24.8 Å². The van der Waals surface area contributed by atoms with Gasteiger partial charge in [-0.25, -0.2) is 9.97 Å². The summed E-state index contributed by atoms with van der Waals surface area (Å²) in [5.41, 5.74) is 1.21. The molecule has 0 unspecified atom stereocenters. The first-order valence-corrected chi connectivity index (χ1v) is 7.23. The molecule has 2 rings (SSSR count). The van der Waals surface area contributed by atoms with Gasteiger partial charge in [-0.2, -0.15) is 4.37 Å². The number of aromatic nitrogens is 3. The molecular formula is C11H14N4S2. The second kappa shape index (κ2) is 6.56. The highest BCUT2D eigenvalue weighted by Crippen LogP contribution is 2.25. The topological polar surface area (TPSA) is 50.7 Å². The molecule has 90 valence electrons. The van der Waals surface area contributed by atoms with Crippen molar-refractivity contribution >= 4 is 29.1 Å². The van der Waals surface area contributed by atoms with Crippen LogP contribution in [0.5, 0.6) is 0 Å². The molecule has 2 heterocycles. The van der Waals surface area contributed by atoms with Gasteiger partial charge in [-0.3, -0.25) is 0 Å². The number of nitrogens with one attached hydrogen (secondary N) is 1. The van der Waals surface area contributed by atoms with Crippen molar-refractivity contribution < 1.29 is 0 Å². The zero-order chi connectivity index (χ0) is 11.9. The minimum Gasteiger partial charge on any atom is -0.370 e. The van der Waals surface area contributed by atoms with Crippen molar-refractivity contribution in [1.29, 1.82) is 0 Å². The SMILES string of the molecule is CCCNc1ncccc1CSc1ncns1. The minimum atomic E-state index is 0.870. The summed E-state index contributed by atoms with van der Waals surface area (Å²) in [6.07, 6.45) is 4.50. The summed E-state index contributed by atoms with van der Waals surface area (Å²) in [6, 6.07) is 4.06. The number of hydrogen-bond donors (Lipinski definition) is 1. The fraction of sp³-hybridized carbons (Fsp3) is 0.364. The van der Waals surface area contributed by atoms with Gasteiger partial charge >= 0.3 is 0 Å². The molecule has 0 saturated carbocycles. The Balaban J connectivity index is 1.99. The van der Waals surface area contributed by atoms with Crippen molar-refractivity contribution in [3.05, 3.63) is 30.2 Å². The summed E-state index contributed by atoms with van der Waals surface area (Å²) in [5, 5.41) is 3.34. The molecule has 0 aliphatic heterocycles. The maximum absolute atomic E-state index is 4.36. The Morgan fingerprint density at radius 1 is 1.41 bits per heavy atom. The maximum atomic E-state index is 4.36. The van der Waals surface area contributed by atoms with E-state index in [0.717, 1.165) is 28.9 Å². The molecule has 17 heavy (non-hydrogen) atoms. The van der Waals surface area contributed by atoms with Crippen molar-refractivity contribution in [2.24, 2.45) is 0 Å². The molecule has 2 aromatic rings. The highest BCUT2D eigenvalue weighted by Gasteiger charge is 2.04. The molecule has 0 aromatic carbocycles. The molecule has 6 heteroatoms. The molecule has 0 bridgehead atoms. The zero-order valence-corrected chi connectivity index (χ0v) is 11.2. The van der Waals surface area contributed by atoms with E-state index in [-0.39, 0.29) is 0 Å². The predicted molar refractivity (Wildman–Crippen MR) is 72.5 cm³/mol. The zero-order valence-electron chi connectivity index (χ0n) is 9.59. The van der Waals surface area contributed by atoms with Crippen LogP contribution < -0.4 is 5.32 Å². The van der Waals surface area contributed by atoms with Crippen molar-refractivity contribution in [3.8, 4) is 0 Å². The van der Waals surface area contributed by atoms with Crippen LogP contribution in [0.2, 0.25) is 0 Å². The van der Waals surface area contributed by atoms with Crippen LogP contribution in [0, 0.1) is 0 Å². The van der Waals surface area contributed by atoms with Crippen LogP contribution in [0.3, 0.4) is 0 Å². The molecule has 1 N–H and O–H groups in total. The molecular weight excluding hydrogens is 252 g/mol. The van der Waals surface area contributed by atoms with E-state index in [4.69, 9.17) is 0 Å². The molecule has 0 aliphatic carbocycles. The highest BCUT2D eigenvalue weighted by atomic mass is 32.2. The van der Waals surface area contributed by atoms with Crippen molar-refractivity contribution in [3.63, 3.8) is 0 Å². The first-order valence-electron chi connectivity index (χ1n) is 5.47. The molecule has 0 saturated heterocycles. The van der Waals surface area contributed by atoms with Crippen molar-refractivity contribution in [1.82, 2.24) is 14.3 Å². The largest absolute Gasteiger partial charge is 0.370 e. The summed E-state index contributed by atoms with van der Waals surface area (Å²) in [4.78, 5) is 8.51. The third-order valence-corrected chi connectivity index (χ3v) is 3.97. The fourth-order valence-electron chi connectivity index (χ4n) is 1.32. The maximum Gasteiger partial charge on any atom is 0.170 e. The van der Waals surface area contributed by atoms with Gasteiger partial charge in [0.1, 0.15) is 12.1 Å². The van der Waals surface area contributed by atoms with E-state index in [0.29, 0.717) is 0 Å². The van der Waals surface area contributed by atoms with E-state index in [9.17, 15) is 0 Å². The van der Waals surface area contributed by atoms with E-state index < -0.39 is 0 Å². The van der Waals surface area contributed by atoms with Gasteiger partial charge in [0, 0.05) is 24.1 Å². The summed E-state index contributed by atoms with van der Waals surface area (Å²) < 4.78 is 4.98. The van der Waals surface area contributed by atoms with Crippen LogP contribution >= 0.6 is 23.3 Å². The summed E-state index contributed by atoms with van der Waals surface area (Å²) in [7, 11) is 0. The number of rotatable bonds is 6. The van der Waals surface area contributed by atoms with Gasteiger partial charge in [0.2, 0.25) is 0 Å². The second-order valence-corrected chi connectivity index (χ2v) is 5.44. The lowest BCUT2D eigenvalue weighted by Gasteiger charge is -2.08. The number of nitrogens with zero attached hydrogens (tertiary/aromatic N) is 3. The van der Waals surface area contributed by atoms with Gasteiger partial charge in [0.15, 0.2) is 4.34 Å². The number of pyridine rings is 1. The van der Waals surface area contributed by atoms with E-state index in [1.807, 2.05) is 12.3 Å². The van der Waals surface area contributed by atoms with Crippen LogP contribution in [0.25, 0.3) is 0 Å². The van der Waals surface area contributed by atoms with Gasteiger partial charge in [0.25, 0.3) is 0 Å². The Hall–Kier alpha value is -1.14. The molecule has 0 radical (unpaired) electrons. The molecule has 0 spiro atoms. The van der Waals surface area contributed by atoms with Gasteiger partial charge in [0.05, 0.1) is 0 Å². The van der Waals surface area contributed by atoms with Crippen LogP contribution in [0.4, 0.5) is 5.82 Å². The molecule has 2 aromatic heterocycles. The van der Waals surface area contributed by atoms with E-state index >= 15 is 0 Å². The Kier molecular flexibility index (Phi) is 4.75. The third kappa shape index (κ3) is 3.67. The number of hydrogen-bond acceptors (Lipinski definition) is 6. The third-order valence-electron chi connectivity index (χ3n) is 2.13. The predicted octanol–water partition coefficient (Wildman–Crippen LogP) is 3.05. The van der Waals surface area contributed by atoms with Gasteiger partial charge in [-0.15, -0.1) is 0 Å². The molecule has 0 aliphatic rings. The second-order valence-electron chi connectivity index (χ2n) is 3.43. The van der Waals surface area contributed by atoms with Crippen LogP contribution in [-0.4, -0.2) is 20.9 Å². The van der Waals surface area contributed by atoms with Crippen molar-refractivity contribution in [2.75, 3.05) is 11.9 Å². The summed E-state index contributed by atoms with van der Waals surface area (Å²) >= 11 is 3.12. The standard InChI is InChI=1S/C11H14N4S2/c1-2-5-12-10-9(4-3-6-13-10)7-16-11-14-8-15-17-11/h3-4,6,8H,2,5,7H2,1H3,(H,12,13). The van der Waals surface area contributed by atoms with Crippen LogP contribution in [0.15, 0.2) is 29.0 Å². The van der Waals surface area contributed by atoms with Gasteiger partial charge in [-0.05, 0) is 24.0 Å². The highest BCUT2D eigenvalue weighted by molar-refractivity contribution is 8.00. The lowest BCUT2D eigenvalue weighted by atomic mass is 10.3. The average molecular weight is 266 g/mol. The Bertz CT molecular complexity index is 444. The molecule has 4 nitrogen and oxygen atoms in total. The molecule has 0 fully saturated rings. The quantitative estimate of drug-likeness (QED) is 0.814. The molecule has 0 atom stereocenters. The fourth-order valence-corrected chi connectivity index (χ4v) is 2.75. The summed E-state index contributed by atoms with van der Waals surface area (Å²) in [5.74, 6) is 1.85.